The van der Waals surface area contributed by atoms with Crippen molar-refractivity contribution in [1.82, 2.24) is 25.3 Å². The lowest BCUT2D eigenvalue weighted by molar-refractivity contribution is -0.134. The Labute approximate surface area is 235 Å². The predicted molar refractivity (Wildman–Crippen MR) is 147 cm³/mol. The second-order valence-electron chi connectivity index (χ2n) is 11.7. The number of nitrogens with zero attached hydrogens (tertiary/aromatic N) is 4. The van der Waals surface area contributed by atoms with Crippen LogP contribution in [0.4, 0.5) is 9.18 Å². The van der Waals surface area contributed by atoms with Crippen LogP contribution in [-0.2, 0) is 16.0 Å². The van der Waals surface area contributed by atoms with Crippen molar-refractivity contribution in [2.45, 2.75) is 77.9 Å². The van der Waals surface area contributed by atoms with Crippen LogP contribution < -0.4 is 10.1 Å². The van der Waals surface area contributed by atoms with Crippen LogP contribution in [0.2, 0.25) is 0 Å². The van der Waals surface area contributed by atoms with E-state index in [1.807, 2.05) is 0 Å². The van der Waals surface area contributed by atoms with Gasteiger partial charge in [-0.3, -0.25) is 9.69 Å². The molecule has 40 heavy (non-hydrogen) atoms. The van der Waals surface area contributed by atoms with E-state index in [0.717, 1.165) is 32.5 Å². The first-order chi connectivity index (χ1) is 19.1. The summed E-state index contributed by atoms with van der Waals surface area (Å²) < 4.78 is 31.1. The van der Waals surface area contributed by atoms with Gasteiger partial charge in [0.15, 0.2) is 0 Å². The van der Waals surface area contributed by atoms with Crippen molar-refractivity contribution in [3.8, 4) is 17.1 Å². The Balaban J connectivity index is 1.14. The highest BCUT2D eigenvalue weighted by Gasteiger charge is 2.27. The largest absolute Gasteiger partial charge is 0.493 e. The molecule has 1 N–H and O–H groups in total. The van der Waals surface area contributed by atoms with Gasteiger partial charge >= 0.3 is 6.09 Å². The first-order valence-electron chi connectivity index (χ1n) is 14.3. The molecule has 1 atom stereocenters. The molecule has 10 nitrogen and oxygen atoms in total. The number of benzene rings is 1. The summed E-state index contributed by atoms with van der Waals surface area (Å²) >= 11 is 0. The van der Waals surface area contributed by atoms with Gasteiger partial charge in [0.25, 0.3) is 0 Å². The second kappa shape index (κ2) is 13.4. The number of nitrogens with one attached hydrogen (secondary N) is 1. The van der Waals surface area contributed by atoms with Gasteiger partial charge in [-0.2, -0.15) is 4.98 Å². The normalized spacial score (nSPS) is 17.6. The summed E-state index contributed by atoms with van der Waals surface area (Å²) in [7, 11) is 0. The predicted octanol–water partition coefficient (Wildman–Crippen LogP) is 4.43. The monoisotopic (exact) mass is 559 g/mol. The molecule has 1 saturated carbocycles. The Morgan fingerprint density at radius 3 is 2.58 bits per heavy atom. The van der Waals surface area contributed by atoms with Crippen LogP contribution in [-0.4, -0.2) is 82.9 Å². The van der Waals surface area contributed by atoms with Crippen LogP contribution in [0.15, 0.2) is 22.7 Å². The average molecular weight is 560 g/mol. The lowest BCUT2D eigenvalue weighted by atomic mass is 10.0. The van der Waals surface area contributed by atoms with Crippen LogP contribution in [0.1, 0.15) is 65.7 Å². The summed E-state index contributed by atoms with van der Waals surface area (Å²) in [5.41, 5.74) is -0.315. The fourth-order valence-corrected chi connectivity index (χ4v) is 5.17. The van der Waals surface area contributed by atoms with Crippen molar-refractivity contribution in [1.29, 1.82) is 0 Å². The summed E-state index contributed by atoms with van der Waals surface area (Å²) in [5, 5.41) is 6.59. The Morgan fingerprint density at radius 2 is 1.90 bits per heavy atom. The number of hydrogen-bond acceptors (Lipinski definition) is 8. The Hall–Kier alpha value is -3.21. The molecular formula is C29H42FN5O5. The van der Waals surface area contributed by atoms with Crippen LogP contribution in [0.3, 0.4) is 0 Å². The standard InChI is InChI=1S/C29H42FN5O5/c1-20(31-28(37)39-29(2,3)4)27(36)35-15-13-34(14-16-35)12-7-17-38-22-10-11-23(24(30)19-22)26-32-25(40-33-26)18-21-8-5-6-9-21/h10-11,19-21H,5-9,12-18H2,1-4H3,(H,31,37)/t20-/m1/s1. The SMILES string of the molecule is C[C@@H](NC(=O)OC(C)(C)C)C(=O)N1CCN(CCCOc2ccc(-c3noc(CC4CCCC4)n3)c(F)c2)CC1. The summed E-state index contributed by atoms with van der Waals surface area (Å²) in [6.45, 7) is 10.9. The Morgan fingerprint density at radius 1 is 1.18 bits per heavy atom. The number of amides is 2. The summed E-state index contributed by atoms with van der Waals surface area (Å²) in [6, 6.07) is 4.06. The van der Waals surface area contributed by atoms with Gasteiger partial charge in [0, 0.05) is 45.2 Å². The summed E-state index contributed by atoms with van der Waals surface area (Å²) in [5.74, 6) is 1.31. The third-order valence-electron chi connectivity index (χ3n) is 7.26. The first-order valence-corrected chi connectivity index (χ1v) is 14.3. The van der Waals surface area contributed by atoms with E-state index in [1.54, 1.807) is 44.7 Å². The molecule has 4 rings (SSSR count). The molecule has 2 fully saturated rings. The van der Waals surface area contributed by atoms with Gasteiger partial charge in [-0.05, 0) is 65.0 Å². The second-order valence-corrected chi connectivity index (χ2v) is 11.7. The number of alkyl carbamates (subject to hydrolysis) is 1. The fourth-order valence-electron chi connectivity index (χ4n) is 5.17. The minimum absolute atomic E-state index is 0.120. The third-order valence-corrected chi connectivity index (χ3v) is 7.26. The highest BCUT2D eigenvalue weighted by atomic mass is 19.1. The number of halogens is 1. The van der Waals surface area contributed by atoms with Crippen LogP contribution in [0.25, 0.3) is 11.4 Å². The van der Waals surface area contributed by atoms with Crippen LogP contribution >= 0.6 is 0 Å². The van der Waals surface area contributed by atoms with Crippen LogP contribution in [0, 0.1) is 11.7 Å². The van der Waals surface area contributed by atoms with Gasteiger partial charge in [0.1, 0.15) is 23.2 Å². The summed E-state index contributed by atoms with van der Waals surface area (Å²) in [6.07, 6.45) is 5.78. The van der Waals surface area contributed by atoms with Crippen molar-refractivity contribution in [3.05, 3.63) is 29.9 Å². The van der Waals surface area contributed by atoms with Crippen molar-refractivity contribution >= 4 is 12.0 Å². The molecule has 1 aromatic carbocycles. The van der Waals surface area contributed by atoms with Crippen LogP contribution in [0.5, 0.6) is 5.75 Å². The van der Waals surface area contributed by atoms with E-state index in [1.165, 1.54) is 31.7 Å². The molecule has 1 saturated heterocycles. The zero-order valence-corrected chi connectivity index (χ0v) is 24.1. The van der Waals surface area contributed by atoms with E-state index in [2.05, 4.69) is 20.4 Å². The molecule has 2 amide bonds. The zero-order chi connectivity index (χ0) is 28.7. The van der Waals surface area contributed by atoms with Gasteiger partial charge in [-0.1, -0.05) is 18.0 Å². The smallest absolute Gasteiger partial charge is 0.408 e. The summed E-state index contributed by atoms with van der Waals surface area (Å²) in [4.78, 5) is 33.1. The Kier molecular flexibility index (Phi) is 9.99. The Bertz CT molecular complexity index is 1140. The number of hydrogen-bond donors (Lipinski definition) is 1. The lowest BCUT2D eigenvalue weighted by Gasteiger charge is -2.36. The molecule has 0 radical (unpaired) electrons. The number of aromatic nitrogens is 2. The maximum Gasteiger partial charge on any atom is 0.408 e. The van der Waals surface area contributed by atoms with Gasteiger partial charge in [-0.25, -0.2) is 9.18 Å². The molecular weight excluding hydrogens is 517 g/mol. The molecule has 1 aliphatic carbocycles. The molecule has 2 aliphatic rings. The molecule has 0 unspecified atom stereocenters. The molecule has 11 heteroatoms. The minimum atomic E-state index is -0.652. The van der Waals surface area contributed by atoms with Gasteiger partial charge < -0.3 is 24.2 Å². The topological polar surface area (TPSA) is 110 Å². The number of piperazine rings is 1. The van der Waals surface area contributed by atoms with Crippen molar-refractivity contribution in [2.75, 3.05) is 39.3 Å². The fraction of sp³-hybridized carbons (Fsp3) is 0.655. The van der Waals surface area contributed by atoms with E-state index in [0.29, 0.717) is 42.8 Å². The number of carbonyl (C=O) groups excluding carboxylic acids is 2. The number of carbonyl (C=O) groups is 2. The molecule has 1 aliphatic heterocycles. The van der Waals surface area contributed by atoms with Crippen molar-refractivity contribution < 1.29 is 28.0 Å². The quantitative estimate of drug-likeness (QED) is 0.426. The molecule has 1 aromatic heterocycles. The van der Waals surface area contributed by atoms with E-state index in [9.17, 15) is 14.0 Å². The molecule has 0 bridgehead atoms. The van der Waals surface area contributed by atoms with Crippen molar-refractivity contribution in [3.63, 3.8) is 0 Å². The molecule has 220 valence electrons. The average Bonchev–Trinajstić information content (AvgIpc) is 3.58. The molecule has 2 aromatic rings. The van der Waals surface area contributed by atoms with Gasteiger partial charge in [0.05, 0.1) is 12.2 Å². The van der Waals surface area contributed by atoms with E-state index in [4.69, 9.17) is 14.0 Å². The molecule has 2 heterocycles. The van der Waals surface area contributed by atoms with E-state index >= 15 is 0 Å². The van der Waals surface area contributed by atoms with Crippen molar-refractivity contribution in [2.24, 2.45) is 5.92 Å². The van der Waals surface area contributed by atoms with E-state index in [-0.39, 0.29) is 11.7 Å². The molecule has 0 spiro atoms. The maximum atomic E-state index is 14.8. The number of rotatable bonds is 10. The lowest BCUT2D eigenvalue weighted by Crippen LogP contribution is -2.54. The third kappa shape index (κ3) is 8.64. The van der Waals surface area contributed by atoms with Gasteiger partial charge in [-0.15, -0.1) is 0 Å². The van der Waals surface area contributed by atoms with Gasteiger partial charge in [0.2, 0.25) is 17.6 Å². The zero-order valence-electron chi connectivity index (χ0n) is 24.1. The number of ether oxygens (including phenoxy) is 2. The highest BCUT2D eigenvalue weighted by molar-refractivity contribution is 5.85. The minimum Gasteiger partial charge on any atom is -0.493 e. The highest BCUT2D eigenvalue weighted by Crippen LogP contribution is 2.29. The first kappa shape index (κ1) is 29.8. The van der Waals surface area contributed by atoms with E-state index < -0.39 is 23.6 Å². The maximum absolute atomic E-state index is 14.8.